The van der Waals surface area contributed by atoms with Crippen LogP contribution in [0.5, 0.6) is 0 Å². The highest BCUT2D eigenvalue weighted by atomic mass is 16.5. The summed E-state index contributed by atoms with van der Waals surface area (Å²) in [6.07, 6.45) is 0.651. The molecule has 0 fully saturated rings. The highest BCUT2D eigenvalue weighted by Gasteiger charge is 1.95. The van der Waals surface area contributed by atoms with Crippen molar-refractivity contribution in [2.75, 3.05) is 7.11 Å². The van der Waals surface area contributed by atoms with Gasteiger partial charge in [-0.25, -0.2) is 0 Å². The summed E-state index contributed by atoms with van der Waals surface area (Å²) >= 11 is 0. The SMILES string of the molecule is CC.COC(C)C.O=CC(=O)NCc1ccccc1. The molecule has 0 aromatic heterocycles. The maximum atomic E-state index is 10.5. The number of carbonyl (C=O) groups excluding carboxylic acids is 2. The zero-order chi connectivity index (χ0) is 15.1. The molecule has 4 nitrogen and oxygen atoms in total. The van der Waals surface area contributed by atoms with Gasteiger partial charge >= 0.3 is 0 Å². The van der Waals surface area contributed by atoms with Gasteiger partial charge in [0.2, 0.25) is 6.29 Å². The van der Waals surface area contributed by atoms with Crippen molar-refractivity contribution in [3.63, 3.8) is 0 Å². The fraction of sp³-hybridized carbons (Fsp3) is 0.467. The average Bonchev–Trinajstić information content (AvgIpc) is 2.48. The molecule has 1 N–H and O–H groups in total. The molecule has 0 aliphatic heterocycles. The van der Waals surface area contributed by atoms with E-state index in [1.54, 1.807) is 7.11 Å². The van der Waals surface area contributed by atoms with Gasteiger partial charge in [-0.1, -0.05) is 44.2 Å². The number of hydrogen-bond donors (Lipinski definition) is 1. The molecule has 1 rings (SSSR count). The van der Waals surface area contributed by atoms with Crippen LogP contribution in [0.25, 0.3) is 0 Å². The third kappa shape index (κ3) is 14.3. The Morgan fingerprint density at radius 3 is 2.11 bits per heavy atom. The second kappa shape index (κ2) is 14.4. The highest BCUT2D eigenvalue weighted by molar-refractivity contribution is 6.23. The van der Waals surface area contributed by atoms with Gasteiger partial charge in [0, 0.05) is 13.7 Å². The smallest absolute Gasteiger partial charge is 0.284 e. The molecule has 0 aliphatic carbocycles. The third-order valence-corrected chi connectivity index (χ3v) is 1.89. The minimum atomic E-state index is -0.584. The molecule has 0 saturated carbocycles. The maximum Gasteiger partial charge on any atom is 0.284 e. The first-order chi connectivity index (χ1) is 9.10. The summed E-state index contributed by atoms with van der Waals surface area (Å²) in [5, 5.41) is 2.44. The minimum absolute atomic E-state index is 0.267. The summed E-state index contributed by atoms with van der Waals surface area (Å²) < 4.78 is 4.75. The lowest BCUT2D eigenvalue weighted by atomic mass is 10.2. The zero-order valence-electron chi connectivity index (χ0n) is 12.5. The molecule has 108 valence electrons. The van der Waals surface area contributed by atoms with E-state index in [2.05, 4.69) is 5.32 Å². The fourth-order valence-corrected chi connectivity index (χ4v) is 0.827. The number of nitrogens with one attached hydrogen (secondary N) is 1. The van der Waals surface area contributed by atoms with Gasteiger partial charge < -0.3 is 10.1 Å². The predicted octanol–water partition coefficient (Wildman–Crippen LogP) is 2.57. The van der Waals surface area contributed by atoms with E-state index in [-0.39, 0.29) is 6.29 Å². The summed E-state index contributed by atoms with van der Waals surface area (Å²) in [5.41, 5.74) is 0.979. The van der Waals surface area contributed by atoms with Crippen LogP contribution in [0.4, 0.5) is 0 Å². The minimum Gasteiger partial charge on any atom is -0.382 e. The molecule has 1 aromatic rings. The Hall–Kier alpha value is -1.68. The van der Waals surface area contributed by atoms with Crippen molar-refractivity contribution in [1.82, 2.24) is 5.32 Å². The van der Waals surface area contributed by atoms with E-state index in [1.807, 2.05) is 58.0 Å². The highest BCUT2D eigenvalue weighted by Crippen LogP contribution is 1.96. The first-order valence-corrected chi connectivity index (χ1v) is 6.39. The van der Waals surface area contributed by atoms with Gasteiger partial charge in [0.15, 0.2) is 0 Å². The average molecular weight is 267 g/mol. The summed E-state index contributed by atoms with van der Waals surface area (Å²) in [5.74, 6) is -0.584. The van der Waals surface area contributed by atoms with Gasteiger partial charge in [0.05, 0.1) is 6.10 Å². The molecule has 0 bridgehead atoms. The second-order valence-electron chi connectivity index (χ2n) is 3.61. The van der Waals surface area contributed by atoms with Gasteiger partial charge in [-0.2, -0.15) is 0 Å². The van der Waals surface area contributed by atoms with Crippen molar-refractivity contribution in [1.29, 1.82) is 0 Å². The Balaban J connectivity index is 0. The standard InChI is InChI=1S/C9H9NO2.C4H10O.C2H6/c11-7-9(12)10-6-8-4-2-1-3-5-8;1-4(2)5-3;1-2/h1-5,7H,6H2,(H,10,12);4H,1-3H3;1-2H3. The lowest BCUT2D eigenvalue weighted by Gasteiger charge is -1.99. The van der Waals surface area contributed by atoms with E-state index in [4.69, 9.17) is 4.74 Å². The third-order valence-electron chi connectivity index (χ3n) is 1.89. The number of aldehydes is 1. The van der Waals surface area contributed by atoms with Crippen molar-refractivity contribution < 1.29 is 14.3 Å². The Morgan fingerprint density at radius 2 is 1.74 bits per heavy atom. The summed E-state index contributed by atoms with van der Waals surface area (Å²) in [6, 6.07) is 9.41. The fourth-order valence-electron chi connectivity index (χ4n) is 0.827. The van der Waals surface area contributed by atoms with Gasteiger partial charge in [0.25, 0.3) is 5.91 Å². The molecule has 0 unspecified atom stereocenters. The summed E-state index contributed by atoms with van der Waals surface area (Å²) in [7, 11) is 1.70. The van der Waals surface area contributed by atoms with Crippen LogP contribution >= 0.6 is 0 Å². The number of benzene rings is 1. The van der Waals surface area contributed by atoms with Crippen molar-refractivity contribution in [3.05, 3.63) is 35.9 Å². The Morgan fingerprint density at radius 1 is 1.26 bits per heavy atom. The molecule has 0 spiro atoms. The van der Waals surface area contributed by atoms with Crippen LogP contribution in [0.3, 0.4) is 0 Å². The van der Waals surface area contributed by atoms with Crippen molar-refractivity contribution in [2.24, 2.45) is 0 Å². The van der Waals surface area contributed by atoms with Gasteiger partial charge in [0.1, 0.15) is 0 Å². The quantitative estimate of drug-likeness (QED) is 0.674. The maximum absolute atomic E-state index is 10.5. The van der Waals surface area contributed by atoms with E-state index in [9.17, 15) is 9.59 Å². The van der Waals surface area contributed by atoms with Crippen LogP contribution in [-0.2, 0) is 20.9 Å². The molecule has 0 heterocycles. The molecule has 19 heavy (non-hydrogen) atoms. The normalized spacial score (nSPS) is 8.53. The molecule has 0 saturated heterocycles. The largest absolute Gasteiger partial charge is 0.382 e. The van der Waals surface area contributed by atoms with Crippen LogP contribution < -0.4 is 5.32 Å². The van der Waals surface area contributed by atoms with Crippen LogP contribution in [0.1, 0.15) is 33.3 Å². The molecular formula is C15H25NO3. The zero-order valence-corrected chi connectivity index (χ0v) is 12.5. The van der Waals surface area contributed by atoms with E-state index in [1.165, 1.54) is 0 Å². The lowest BCUT2D eigenvalue weighted by Crippen LogP contribution is -2.23. The number of rotatable bonds is 4. The number of methoxy groups -OCH3 is 1. The van der Waals surface area contributed by atoms with Gasteiger partial charge in [-0.3, -0.25) is 9.59 Å². The number of ether oxygens (including phenoxy) is 1. The van der Waals surface area contributed by atoms with E-state index in [0.717, 1.165) is 5.56 Å². The molecule has 4 heteroatoms. The molecule has 0 atom stereocenters. The number of hydrogen-bond acceptors (Lipinski definition) is 3. The molecule has 0 aliphatic rings. The molecule has 0 radical (unpaired) electrons. The lowest BCUT2D eigenvalue weighted by molar-refractivity contribution is -0.131. The van der Waals surface area contributed by atoms with Gasteiger partial charge in [-0.15, -0.1) is 0 Å². The Kier molecular flexibility index (Phi) is 14.9. The molecule has 1 aromatic carbocycles. The van der Waals surface area contributed by atoms with Crippen molar-refractivity contribution in [2.45, 2.75) is 40.3 Å². The van der Waals surface area contributed by atoms with Gasteiger partial charge in [-0.05, 0) is 19.4 Å². The van der Waals surface area contributed by atoms with E-state index >= 15 is 0 Å². The molecule has 1 amide bonds. The predicted molar refractivity (Wildman–Crippen MR) is 77.8 cm³/mol. The molecular weight excluding hydrogens is 242 g/mol. The number of amides is 1. The van der Waals surface area contributed by atoms with Crippen LogP contribution in [0, 0.1) is 0 Å². The Labute approximate surface area is 116 Å². The second-order valence-corrected chi connectivity index (χ2v) is 3.61. The van der Waals surface area contributed by atoms with Crippen LogP contribution in [-0.4, -0.2) is 25.4 Å². The van der Waals surface area contributed by atoms with Crippen LogP contribution in [0.2, 0.25) is 0 Å². The summed E-state index contributed by atoms with van der Waals surface area (Å²) in [6.45, 7) is 8.40. The van der Waals surface area contributed by atoms with Crippen molar-refractivity contribution in [3.8, 4) is 0 Å². The van der Waals surface area contributed by atoms with E-state index < -0.39 is 5.91 Å². The van der Waals surface area contributed by atoms with Crippen molar-refractivity contribution >= 4 is 12.2 Å². The summed E-state index contributed by atoms with van der Waals surface area (Å²) in [4.78, 5) is 20.4. The first-order valence-electron chi connectivity index (χ1n) is 6.39. The number of carbonyl (C=O) groups is 2. The van der Waals surface area contributed by atoms with E-state index in [0.29, 0.717) is 12.6 Å². The topological polar surface area (TPSA) is 55.4 Å². The van der Waals surface area contributed by atoms with Crippen LogP contribution in [0.15, 0.2) is 30.3 Å². The Bertz CT molecular complexity index is 323. The first kappa shape index (κ1) is 19.7. The monoisotopic (exact) mass is 267 g/mol.